The van der Waals surface area contributed by atoms with Crippen LogP contribution in [0, 0.1) is 5.82 Å². The number of nitrogens with one attached hydrogen (secondary N) is 2. The fourth-order valence-corrected chi connectivity index (χ4v) is 8.84. The van der Waals surface area contributed by atoms with E-state index in [1.807, 2.05) is 13.8 Å². The van der Waals surface area contributed by atoms with Crippen LogP contribution in [-0.4, -0.2) is 113 Å². The molecule has 8 rings (SSSR count). The minimum Gasteiger partial charge on any atom is -0.506 e. The van der Waals surface area contributed by atoms with Gasteiger partial charge in [0, 0.05) is 38.6 Å². The van der Waals surface area contributed by atoms with Gasteiger partial charge in [0.15, 0.2) is 0 Å². The molecule has 17 heteroatoms. The molecule has 3 aliphatic rings. The van der Waals surface area contributed by atoms with Crippen LogP contribution in [0.15, 0.2) is 70.5 Å². The van der Waals surface area contributed by atoms with Gasteiger partial charge in [0.25, 0.3) is 22.9 Å². The highest BCUT2D eigenvalue weighted by Gasteiger charge is 2.37. The molecule has 1 saturated heterocycles. The molecule has 3 fully saturated rings. The number of amides is 2. The monoisotopic (exact) mass is 885 g/mol. The van der Waals surface area contributed by atoms with E-state index in [1.54, 1.807) is 42.6 Å². The normalized spacial score (nSPS) is 17.1. The van der Waals surface area contributed by atoms with E-state index >= 15 is 0 Å². The van der Waals surface area contributed by atoms with Gasteiger partial charge < -0.3 is 35.8 Å². The number of pyridine rings is 4. The summed E-state index contributed by atoms with van der Waals surface area (Å²) in [6.07, 6.45) is 11.2. The zero-order chi connectivity index (χ0) is 45.9. The molecule has 5 aromatic rings. The van der Waals surface area contributed by atoms with E-state index in [0.29, 0.717) is 68.6 Å². The standard InChI is InChI=1S/C23H24FN3O4.C22H30N4O5.C2H6/c24-16-8-6-15(7-9-16)13-27-20-17(5-4-12-25-20)19(29)18(22(27)31)21(30)26-23(14-28)10-2-1-3-11-23;27-15-22(6-2-1-3-7-22)24-20(29)17-18(28)16-5-4-8-23-19(16)26(21(17)30)10-9-25-11-13-31-14-12-25;1-2/h4-9,12,28-29H,1-3,10-11,13-14H2,(H,26,30);4-5,8,27-28H,1-3,6-7,9-15H2,(H,24,29);1-2H3. The van der Waals surface area contributed by atoms with Crippen LogP contribution in [0.5, 0.6) is 11.5 Å². The molecule has 4 aromatic heterocycles. The van der Waals surface area contributed by atoms with Crippen molar-refractivity contribution in [3.8, 4) is 11.5 Å². The van der Waals surface area contributed by atoms with Gasteiger partial charge in [-0.05, 0) is 67.6 Å². The number of rotatable bonds is 11. The summed E-state index contributed by atoms with van der Waals surface area (Å²) < 4.78 is 21.4. The molecular formula is C47H60FN7O9. The summed E-state index contributed by atoms with van der Waals surface area (Å²) in [6, 6.07) is 12.2. The number of ether oxygens (including phenoxy) is 1. The lowest BCUT2D eigenvalue weighted by Crippen LogP contribution is -2.53. The molecule has 2 aliphatic carbocycles. The number of fused-ring (bicyclic) bond motifs is 2. The van der Waals surface area contributed by atoms with Crippen molar-refractivity contribution in [1.29, 1.82) is 0 Å². The number of carbonyl (C=O) groups excluding carboxylic acids is 2. The Morgan fingerprint density at radius 1 is 0.688 bits per heavy atom. The van der Waals surface area contributed by atoms with Crippen LogP contribution in [-0.2, 0) is 17.8 Å². The number of halogens is 1. The topological polar surface area (TPSA) is 221 Å². The Balaban J connectivity index is 0.000000205. The maximum absolute atomic E-state index is 13.3. The number of benzene rings is 1. The molecule has 5 heterocycles. The number of hydrogen-bond donors (Lipinski definition) is 6. The van der Waals surface area contributed by atoms with Crippen LogP contribution in [0.4, 0.5) is 4.39 Å². The molecule has 0 spiro atoms. The Morgan fingerprint density at radius 3 is 1.61 bits per heavy atom. The number of hydrogen-bond acceptors (Lipinski definition) is 12. The molecule has 0 bridgehead atoms. The Bertz CT molecular complexity index is 2510. The first-order chi connectivity index (χ1) is 31.0. The SMILES string of the molecule is CC.O=C(NC1(CO)CCCCC1)c1c(O)c2cccnc2n(CCN2CCOCC2)c1=O.O=C(NC1(CO)CCCCC1)c1c(O)c2cccnc2n(Cc2ccc(F)cc2)c1=O. The molecule has 344 valence electrons. The van der Waals surface area contributed by atoms with Crippen LogP contribution in [0.3, 0.4) is 0 Å². The number of morpholine rings is 1. The largest absolute Gasteiger partial charge is 0.506 e. The van der Waals surface area contributed by atoms with Crippen LogP contribution >= 0.6 is 0 Å². The third kappa shape index (κ3) is 10.6. The van der Waals surface area contributed by atoms with Crippen molar-refractivity contribution in [2.45, 2.75) is 102 Å². The second-order valence-electron chi connectivity index (χ2n) is 16.5. The van der Waals surface area contributed by atoms with Gasteiger partial charge >= 0.3 is 0 Å². The van der Waals surface area contributed by atoms with Gasteiger partial charge in [0.05, 0.1) is 54.8 Å². The van der Waals surface area contributed by atoms with Gasteiger partial charge in [-0.25, -0.2) is 14.4 Å². The number of aromatic nitrogens is 4. The predicted octanol–water partition coefficient (Wildman–Crippen LogP) is 4.60. The molecule has 6 N–H and O–H groups in total. The summed E-state index contributed by atoms with van der Waals surface area (Å²) in [6.45, 7) is 7.45. The number of aliphatic hydroxyl groups excluding tert-OH is 2. The van der Waals surface area contributed by atoms with Gasteiger partial charge in [0.2, 0.25) is 0 Å². The summed E-state index contributed by atoms with van der Waals surface area (Å²) in [5.74, 6) is -2.57. The third-order valence-electron chi connectivity index (χ3n) is 12.4. The maximum atomic E-state index is 13.3. The summed E-state index contributed by atoms with van der Waals surface area (Å²) in [5.41, 5.74) is -2.29. The van der Waals surface area contributed by atoms with Crippen LogP contribution in [0.2, 0.25) is 0 Å². The van der Waals surface area contributed by atoms with Crippen molar-refractivity contribution in [3.63, 3.8) is 0 Å². The lowest BCUT2D eigenvalue weighted by molar-refractivity contribution is 0.0364. The van der Waals surface area contributed by atoms with Gasteiger partial charge in [0.1, 0.15) is 39.7 Å². The molecule has 0 unspecified atom stereocenters. The Kier molecular flexibility index (Phi) is 16.2. The van der Waals surface area contributed by atoms with Gasteiger partial charge in [-0.15, -0.1) is 0 Å². The zero-order valence-corrected chi connectivity index (χ0v) is 36.7. The number of nitrogens with zero attached hydrogens (tertiary/aromatic N) is 5. The lowest BCUT2D eigenvalue weighted by atomic mass is 9.82. The zero-order valence-electron chi connectivity index (χ0n) is 36.7. The smallest absolute Gasteiger partial charge is 0.269 e. The highest BCUT2D eigenvalue weighted by Crippen LogP contribution is 2.32. The molecule has 16 nitrogen and oxygen atoms in total. The quantitative estimate of drug-likeness (QED) is 0.107. The average Bonchev–Trinajstić information content (AvgIpc) is 3.33. The molecular weight excluding hydrogens is 826 g/mol. The van der Waals surface area contributed by atoms with E-state index in [-0.39, 0.29) is 47.7 Å². The number of aromatic hydroxyl groups is 2. The van der Waals surface area contributed by atoms with E-state index in [9.17, 15) is 44.0 Å². The Hall–Kier alpha value is -5.75. The Morgan fingerprint density at radius 2 is 1.14 bits per heavy atom. The van der Waals surface area contributed by atoms with Crippen molar-refractivity contribution in [3.05, 3.63) is 104 Å². The second kappa shape index (κ2) is 21.8. The summed E-state index contributed by atoms with van der Waals surface area (Å²) in [7, 11) is 0. The summed E-state index contributed by atoms with van der Waals surface area (Å²) >= 11 is 0. The molecule has 0 atom stereocenters. The van der Waals surface area contributed by atoms with E-state index in [4.69, 9.17) is 4.74 Å². The molecule has 0 radical (unpaired) electrons. The minimum atomic E-state index is -0.806. The second-order valence-corrected chi connectivity index (χ2v) is 16.5. The lowest BCUT2D eigenvalue weighted by Gasteiger charge is -2.36. The van der Waals surface area contributed by atoms with Gasteiger partial charge in [-0.2, -0.15) is 0 Å². The van der Waals surface area contributed by atoms with Crippen LogP contribution in [0.25, 0.3) is 22.1 Å². The van der Waals surface area contributed by atoms with E-state index in [2.05, 4.69) is 25.5 Å². The minimum absolute atomic E-state index is 0.0539. The highest BCUT2D eigenvalue weighted by atomic mass is 19.1. The maximum Gasteiger partial charge on any atom is 0.269 e. The summed E-state index contributed by atoms with van der Waals surface area (Å²) in [4.78, 5) is 63.7. The molecule has 2 saturated carbocycles. The van der Waals surface area contributed by atoms with Crippen molar-refractivity contribution in [1.82, 2.24) is 34.6 Å². The predicted molar refractivity (Wildman–Crippen MR) is 240 cm³/mol. The highest BCUT2D eigenvalue weighted by molar-refractivity contribution is 6.03. The van der Waals surface area contributed by atoms with E-state index in [0.717, 1.165) is 51.6 Å². The van der Waals surface area contributed by atoms with E-state index < -0.39 is 45.6 Å². The Labute approximate surface area is 370 Å². The van der Waals surface area contributed by atoms with Gasteiger partial charge in [-0.1, -0.05) is 64.5 Å². The number of carbonyl (C=O) groups is 2. The molecule has 64 heavy (non-hydrogen) atoms. The van der Waals surface area contributed by atoms with Crippen molar-refractivity contribution >= 4 is 33.9 Å². The fraction of sp³-hybridized carbons (Fsp3) is 0.489. The first-order valence-electron chi connectivity index (χ1n) is 22.3. The van der Waals surface area contributed by atoms with Gasteiger partial charge in [-0.3, -0.25) is 33.2 Å². The fourth-order valence-electron chi connectivity index (χ4n) is 8.84. The third-order valence-corrected chi connectivity index (χ3v) is 12.4. The number of aliphatic hydroxyl groups is 2. The van der Waals surface area contributed by atoms with Crippen LogP contribution in [0.1, 0.15) is 104 Å². The molecule has 2 amide bonds. The molecule has 1 aliphatic heterocycles. The van der Waals surface area contributed by atoms with Crippen molar-refractivity contribution < 1.29 is 39.1 Å². The average molecular weight is 886 g/mol. The molecule has 1 aromatic carbocycles. The van der Waals surface area contributed by atoms with Crippen molar-refractivity contribution in [2.24, 2.45) is 0 Å². The van der Waals surface area contributed by atoms with Crippen LogP contribution < -0.4 is 21.8 Å². The summed E-state index contributed by atoms with van der Waals surface area (Å²) in [5, 5.41) is 47.8. The first kappa shape index (κ1) is 47.7. The van der Waals surface area contributed by atoms with E-state index in [1.165, 1.54) is 27.5 Å². The van der Waals surface area contributed by atoms with Crippen molar-refractivity contribution in [2.75, 3.05) is 46.1 Å². The first-order valence-corrected chi connectivity index (χ1v) is 22.3.